The molecule has 0 aliphatic heterocycles. The Kier molecular flexibility index (Phi) is 4.78. The summed E-state index contributed by atoms with van der Waals surface area (Å²) in [6, 6.07) is 29.7. The van der Waals surface area contributed by atoms with Crippen molar-refractivity contribution in [1.29, 1.82) is 0 Å². The highest BCUT2D eigenvalue weighted by Crippen LogP contribution is 2.36. The molecule has 6 nitrogen and oxygen atoms in total. The van der Waals surface area contributed by atoms with E-state index in [1.54, 1.807) is 45.2 Å². The maximum Gasteiger partial charge on any atom is 0.263 e. The van der Waals surface area contributed by atoms with Crippen LogP contribution in [0.1, 0.15) is 22.3 Å². The third kappa shape index (κ3) is 3.07. The molecule has 3 aromatic heterocycles. The van der Waals surface area contributed by atoms with E-state index in [0.717, 1.165) is 11.1 Å². The van der Waals surface area contributed by atoms with Gasteiger partial charge in [0.1, 0.15) is 11.5 Å². The molecule has 0 aliphatic rings. The number of para-hydroxylation sites is 2. The molecule has 0 bridgehead atoms. The first kappa shape index (κ1) is 22.1. The second-order valence-corrected chi connectivity index (χ2v) is 9.61. The lowest BCUT2D eigenvalue weighted by Crippen LogP contribution is -2.25. The second kappa shape index (κ2) is 8.21. The van der Waals surface area contributed by atoms with E-state index < -0.39 is 0 Å². The van der Waals surface area contributed by atoms with Crippen molar-refractivity contribution in [3.05, 3.63) is 140 Å². The highest BCUT2D eigenvalue weighted by atomic mass is 16.3. The molecule has 0 atom stereocenters. The fourth-order valence-corrected chi connectivity index (χ4v) is 5.65. The molecule has 7 rings (SSSR count). The Morgan fingerprint density at radius 2 is 0.895 bits per heavy atom. The van der Waals surface area contributed by atoms with Gasteiger partial charge in [0, 0.05) is 23.6 Å². The van der Waals surface area contributed by atoms with Crippen molar-refractivity contribution in [3.8, 4) is 11.5 Å². The van der Waals surface area contributed by atoms with Gasteiger partial charge in [0.2, 0.25) is 0 Å². The molecule has 0 saturated heterocycles. The van der Waals surface area contributed by atoms with Crippen molar-refractivity contribution < 1.29 is 10.2 Å². The minimum absolute atomic E-state index is 0.0843. The summed E-state index contributed by atoms with van der Waals surface area (Å²) < 4.78 is 3.14. The molecule has 4 aromatic carbocycles. The number of nitrogens with zero attached hydrogens (tertiary/aromatic N) is 2. The molecule has 0 saturated carbocycles. The van der Waals surface area contributed by atoms with Crippen LogP contribution >= 0.6 is 0 Å². The highest BCUT2D eigenvalue weighted by Gasteiger charge is 2.24. The third-order valence-corrected chi connectivity index (χ3v) is 7.41. The van der Waals surface area contributed by atoms with Crippen LogP contribution in [0.5, 0.6) is 11.5 Å². The smallest absolute Gasteiger partial charge is 0.263 e. The number of fused-ring (bicyclic) bond motifs is 2. The summed E-state index contributed by atoms with van der Waals surface area (Å²) in [6.07, 6.45) is 0.519. The van der Waals surface area contributed by atoms with E-state index in [1.807, 2.05) is 60.7 Å². The zero-order valence-electron chi connectivity index (χ0n) is 20.3. The summed E-state index contributed by atoms with van der Waals surface area (Å²) in [4.78, 5) is 28.0. The van der Waals surface area contributed by atoms with E-state index >= 15 is 0 Å². The molecule has 0 radical (unpaired) electrons. The lowest BCUT2D eigenvalue weighted by Gasteiger charge is -2.20. The van der Waals surface area contributed by atoms with E-state index in [9.17, 15) is 19.8 Å². The Morgan fingerprint density at radius 3 is 1.29 bits per heavy atom. The average Bonchev–Trinajstić information content (AvgIpc) is 2.95. The van der Waals surface area contributed by atoms with Crippen LogP contribution in [0, 0.1) is 0 Å². The Hall–Kier alpha value is -5.10. The molecule has 0 unspecified atom stereocenters. The summed E-state index contributed by atoms with van der Waals surface area (Å²) in [5.74, 6) is -0.169. The van der Waals surface area contributed by atoms with Crippen molar-refractivity contribution >= 4 is 32.8 Å². The number of aromatic nitrogens is 2. The second-order valence-electron chi connectivity index (χ2n) is 9.61. The van der Waals surface area contributed by atoms with Gasteiger partial charge in [-0.05, 0) is 35.4 Å². The predicted molar refractivity (Wildman–Crippen MR) is 149 cm³/mol. The molecule has 7 aromatic rings. The SMILES string of the molecule is O=c1c(Cc2ccccc2)c(O)c2cccc3c2n1c1cccc2c(O)c(Cc4ccccc4)c(=O)n3c21. The van der Waals surface area contributed by atoms with E-state index in [0.29, 0.717) is 32.8 Å². The van der Waals surface area contributed by atoms with Gasteiger partial charge in [-0.15, -0.1) is 0 Å². The molecular weight excluding hydrogens is 476 g/mol. The van der Waals surface area contributed by atoms with Crippen molar-refractivity contribution in [1.82, 2.24) is 8.80 Å². The fourth-order valence-electron chi connectivity index (χ4n) is 5.65. The average molecular weight is 499 g/mol. The molecular formula is C32H22N2O4. The maximum absolute atomic E-state index is 14.0. The van der Waals surface area contributed by atoms with Crippen molar-refractivity contribution in [2.75, 3.05) is 0 Å². The molecule has 0 aliphatic carbocycles. The highest BCUT2D eigenvalue weighted by molar-refractivity contribution is 6.07. The maximum atomic E-state index is 14.0. The Labute approximate surface area is 216 Å². The zero-order valence-corrected chi connectivity index (χ0v) is 20.3. The number of pyridine rings is 2. The molecule has 6 heteroatoms. The predicted octanol–water partition coefficient (Wildman–Crippen LogP) is 5.25. The topological polar surface area (TPSA) is 83.4 Å². The lowest BCUT2D eigenvalue weighted by molar-refractivity contribution is 0.473. The van der Waals surface area contributed by atoms with Gasteiger partial charge in [-0.25, -0.2) is 0 Å². The summed E-state index contributed by atoms with van der Waals surface area (Å²) in [6.45, 7) is 0. The summed E-state index contributed by atoms with van der Waals surface area (Å²) in [5.41, 5.74) is 3.55. The van der Waals surface area contributed by atoms with Crippen LogP contribution in [-0.2, 0) is 12.8 Å². The van der Waals surface area contributed by atoms with Gasteiger partial charge in [0.05, 0.1) is 33.2 Å². The van der Waals surface area contributed by atoms with E-state index in [2.05, 4.69) is 0 Å². The van der Waals surface area contributed by atoms with Gasteiger partial charge in [0.15, 0.2) is 0 Å². The Balaban J connectivity index is 1.64. The van der Waals surface area contributed by atoms with E-state index in [4.69, 9.17) is 0 Å². The first-order chi connectivity index (χ1) is 18.5. The van der Waals surface area contributed by atoms with Gasteiger partial charge < -0.3 is 10.2 Å². The lowest BCUT2D eigenvalue weighted by atomic mass is 10.00. The molecule has 3 heterocycles. The molecule has 0 fully saturated rings. The van der Waals surface area contributed by atoms with Gasteiger partial charge in [0.25, 0.3) is 11.1 Å². The van der Waals surface area contributed by atoms with Gasteiger partial charge in [-0.1, -0.05) is 72.8 Å². The van der Waals surface area contributed by atoms with Crippen LogP contribution in [0.3, 0.4) is 0 Å². The number of hydrogen-bond acceptors (Lipinski definition) is 4. The molecule has 38 heavy (non-hydrogen) atoms. The van der Waals surface area contributed by atoms with Crippen LogP contribution in [0.15, 0.2) is 107 Å². The molecule has 0 amide bonds. The van der Waals surface area contributed by atoms with Crippen molar-refractivity contribution in [3.63, 3.8) is 0 Å². The minimum atomic E-state index is -0.356. The van der Waals surface area contributed by atoms with Gasteiger partial charge >= 0.3 is 0 Å². The zero-order chi connectivity index (χ0) is 26.0. The normalized spacial score (nSPS) is 11.8. The first-order valence-corrected chi connectivity index (χ1v) is 12.4. The van der Waals surface area contributed by atoms with Crippen LogP contribution in [0.25, 0.3) is 32.8 Å². The van der Waals surface area contributed by atoms with Crippen LogP contribution in [0.2, 0.25) is 0 Å². The van der Waals surface area contributed by atoms with Crippen LogP contribution in [-0.4, -0.2) is 19.0 Å². The monoisotopic (exact) mass is 498 g/mol. The van der Waals surface area contributed by atoms with Crippen LogP contribution in [0.4, 0.5) is 0 Å². The van der Waals surface area contributed by atoms with Gasteiger partial charge in [-0.2, -0.15) is 0 Å². The number of aromatic hydroxyl groups is 2. The summed E-state index contributed by atoms with van der Waals surface area (Å²) in [7, 11) is 0. The number of benzene rings is 4. The quantitative estimate of drug-likeness (QED) is 0.257. The van der Waals surface area contributed by atoms with E-state index in [-0.39, 0.29) is 46.6 Å². The fraction of sp³-hybridized carbons (Fsp3) is 0.0625. The summed E-state index contributed by atoms with van der Waals surface area (Å²) in [5, 5.41) is 23.6. The van der Waals surface area contributed by atoms with Crippen LogP contribution < -0.4 is 11.1 Å². The van der Waals surface area contributed by atoms with Gasteiger partial charge in [-0.3, -0.25) is 18.4 Å². The first-order valence-electron chi connectivity index (χ1n) is 12.4. The van der Waals surface area contributed by atoms with Crippen molar-refractivity contribution in [2.45, 2.75) is 12.8 Å². The Morgan fingerprint density at radius 1 is 0.500 bits per heavy atom. The standard InChI is InChI=1S/C32H22N2O4/c35-29-21-13-7-16-26-27(21)33(31(37)23(29)17-19-9-3-1-4-10-19)25-15-8-14-22-28(25)34(26)32(38)24(30(22)36)18-20-11-5-2-6-12-20/h1-16,35-36H,17-18H2. The largest absolute Gasteiger partial charge is 0.507 e. The Bertz CT molecular complexity index is 1970. The van der Waals surface area contributed by atoms with E-state index in [1.165, 1.54) is 0 Å². The molecule has 2 N–H and O–H groups in total. The molecule has 0 spiro atoms. The molecule has 184 valence electrons. The van der Waals surface area contributed by atoms with Crippen molar-refractivity contribution in [2.24, 2.45) is 0 Å². The summed E-state index contributed by atoms with van der Waals surface area (Å²) >= 11 is 0. The third-order valence-electron chi connectivity index (χ3n) is 7.41. The number of rotatable bonds is 4. The number of hydrogen-bond donors (Lipinski definition) is 2. The minimum Gasteiger partial charge on any atom is -0.507 e.